The number of pyridine rings is 1. The van der Waals surface area contributed by atoms with Crippen molar-refractivity contribution in [1.29, 1.82) is 0 Å². The zero-order valence-corrected chi connectivity index (χ0v) is 14.8. The molecular formula is C19H21N3OS. The van der Waals surface area contributed by atoms with E-state index in [1.807, 2.05) is 31.2 Å². The average Bonchev–Trinajstić information content (AvgIpc) is 3.03. The third kappa shape index (κ3) is 3.62. The van der Waals surface area contributed by atoms with Crippen LogP contribution >= 0.6 is 11.3 Å². The van der Waals surface area contributed by atoms with Gasteiger partial charge in [0.05, 0.1) is 22.5 Å². The average molecular weight is 339 g/mol. The van der Waals surface area contributed by atoms with E-state index in [0.29, 0.717) is 13.0 Å². The predicted octanol–water partition coefficient (Wildman–Crippen LogP) is 4.59. The third-order valence-corrected chi connectivity index (χ3v) is 4.93. The van der Waals surface area contributed by atoms with Gasteiger partial charge in [-0.25, -0.2) is 4.98 Å². The van der Waals surface area contributed by atoms with Crippen molar-refractivity contribution in [3.63, 3.8) is 0 Å². The Morgan fingerprint density at radius 1 is 1.21 bits per heavy atom. The van der Waals surface area contributed by atoms with Crippen LogP contribution in [0.1, 0.15) is 37.9 Å². The molecule has 0 bridgehead atoms. The van der Waals surface area contributed by atoms with Crippen molar-refractivity contribution in [3.05, 3.63) is 53.9 Å². The summed E-state index contributed by atoms with van der Waals surface area (Å²) < 4.78 is 1.12. The van der Waals surface area contributed by atoms with E-state index in [0.717, 1.165) is 33.9 Å². The Morgan fingerprint density at radius 3 is 2.79 bits per heavy atom. The fourth-order valence-corrected chi connectivity index (χ4v) is 3.60. The topological polar surface area (TPSA) is 46.1 Å². The lowest BCUT2D eigenvalue weighted by molar-refractivity contribution is -0.118. The molecule has 2 aromatic heterocycles. The predicted molar refractivity (Wildman–Crippen MR) is 99.3 cm³/mol. The van der Waals surface area contributed by atoms with Crippen LogP contribution in [0.15, 0.2) is 42.6 Å². The molecule has 0 N–H and O–H groups in total. The molecule has 0 spiro atoms. The van der Waals surface area contributed by atoms with Crippen LogP contribution in [-0.4, -0.2) is 15.9 Å². The van der Waals surface area contributed by atoms with Gasteiger partial charge in [0, 0.05) is 12.6 Å². The fraction of sp³-hybridized carbons (Fsp3) is 0.316. The lowest BCUT2D eigenvalue weighted by Gasteiger charge is -2.19. The summed E-state index contributed by atoms with van der Waals surface area (Å²) in [7, 11) is 0. The maximum absolute atomic E-state index is 12.6. The van der Waals surface area contributed by atoms with Crippen LogP contribution < -0.4 is 4.90 Å². The Hall–Kier alpha value is -2.27. The van der Waals surface area contributed by atoms with Gasteiger partial charge in [-0.3, -0.25) is 14.7 Å². The molecule has 4 nitrogen and oxygen atoms in total. The number of thiazole rings is 1. The number of rotatable bonds is 6. The number of fused-ring (bicyclic) bond motifs is 1. The van der Waals surface area contributed by atoms with E-state index in [2.05, 4.69) is 29.0 Å². The molecule has 124 valence electrons. The van der Waals surface area contributed by atoms with E-state index >= 15 is 0 Å². The summed E-state index contributed by atoms with van der Waals surface area (Å²) in [5, 5.41) is 0.752. The van der Waals surface area contributed by atoms with Gasteiger partial charge in [-0.15, -0.1) is 0 Å². The molecule has 3 rings (SSSR count). The SMILES string of the molecule is CCCC(=O)N(Cc1ccccn1)c1nc2ccc(CC)cc2s1. The Kier molecular flexibility index (Phi) is 5.20. The number of amides is 1. The zero-order valence-electron chi connectivity index (χ0n) is 14.0. The summed E-state index contributed by atoms with van der Waals surface area (Å²) in [4.78, 5) is 23.4. The standard InChI is InChI=1S/C19H21N3OS/c1-3-7-18(23)22(13-15-8-5-6-11-20-15)19-21-16-10-9-14(4-2)12-17(16)24-19/h5-6,8-12H,3-4,7,13H2,1-2H3. The minimum atomic E-state index is 0.0953. The Balaban J connectivity index is 1.96. The summed E-state index contributed by atoms with van der Waals surface area (Å²) in [6.45, 7) is 4.62. The van der Waals surface area contributed by atoms with E-state index in [4.69, 9.17) is 0 Å². The molecule has 0 saturated carbocycles. The third-order valence-electron chi connectivity index (χ3n) is 3.89. The quantitative estimate of drug-likeness (QED) is 0.660. The largest absolute Gasteiger partial charge is 0.282 e. The van der Waals surface area contributed by atoms with Crippen LogP contribution in [0, 0.1) is 0 Å². The van der Waals surface area contributed by atoms with Crippen molar-refractivity contribution >= 4 is 32.6 Å². The first kappa shape index (κ1) is 16.6. The molecule has 3 aromatic rings. The second-order valence-electron chi connectivity index (χ2n) is 5.70. The van der Waals surface area contributed by atoms with Gasteiger partial charge in [-0.05, 0) is 42.7 Å². The van der Waals surface area contributed by atoms with Gasteiger partial charge in [0.1, 0.15) is 0 Å². The first-order valence-electron chi connectivity index (χ1n) is 8.31. The molecule has 0 aliphatic rings. The molecule has 1 amide bonds. The number of hydrogen-bond donors (Lipinski definition) is 0. The van der Waals surface area contributed by atoms with Gasteiger partial charge < -0.3 is 0 Å². The second-order valence-corrected chi connectivity index (χ2v) is 6.71. The molecule has 5 heteroatoms. The monoisotopic (exact) mass is 339 g/mol. The van der Waals surface area contributed by atoms with E-state index in [9.17, 15) is 4.79 Å². The van der Waals surface area contributed by atoms with Crippen LogP contribution in [0.3, 0.4) is 0 Å². The van der Waals surface area contributed by atoms with E-state index in [1.54, 1.807) is 22.4 Å². The molecule has 1 aromatic carbocycles. The van der Waals surface area contributed by atoms with Gasteiger partial charge in [-0.2, -0.15) is 0 Å². The minimum absolute atomic E-state index is 0.0953. The molecule has 0 radical (unpaired) electrons. The maximum atomic E-state index is 12.6. The van der Waals surface area contributed by atoms with Crippen molar-refractivity contribution < 1.29 is 4.79 Å². The van der Waals surface area contributed by atoms with Crippen molar-refractivity contribution in [2.75, 3.05) is 4.90 Å². The highest BCUT2D eigenvalue weighted by Gasteiger charge is 2.20. The van der Waals surface area contributed by atoms with Gasteiger partial charge >= 0.3 is 0 Å². The highest BCUT2D eigenvalue weighted by Crippen LogP contribution is 2.31. The van der Waals surface area contributed by atoms with Crippen LogP contribution in [0.25, 0.3) is 10.2 Å². The van der Waals surface area contributed by atoms with Gasteiger partial charge in [0.15, 0.2) is 5.13 Å². The molecule has 0 saturated heterocycles. The molecule has 0 aliphatic heterocycles. The zero-order chi connectivity index (χ0) is 16.9. The normalized spacial score (nSPS) is 10.9. The number of carbonyl (C=O) groups is 1. The fourth-order valence-electron chi connectivity index (χ4n) is 2.56. The summed E-state index contributed by atoms with van der Waals surface area (Å²) in [6.07, 6.45) is 4.09. The Labute approximate surface area is 146 Å². The molecule has 0 fully saturated rings. The number of hydrogen-bond acceptors (Lipinski definition) is 4. The molecule has 2 heterocycles. The number of nitrogens with zero attached hydrogens (tertiary/aromatic N) is 3. The summed E-state index contributed by atoms with van der Waals surface area (Å²) >= 11 is 1.57. The smallest absolute Gasteiger partial charge is 0.229 e. The Bertz CT molecular complexity index is 829. The lowest BCUT2D eigenvalue weighted by atomic mass is 10.2. The van der Waals surface area contributed by atoms with Crippen molar-refractivity contribution in [2.45, 2.75) is 39.7 Å². The first-order chi connectivity index (χ1) is 11.7. The first-order valence-corrected chi connectivity index (χ1v) is 9.12. The lowest BCUT2D eigenvalue weighted by Crippen LogP contribution is -2.30. The van der Waals surface area contributed by atoms with Crippen LogP contribution in [0.2, 0.25) is 0 Å². The maximum Gasteiger partial charge on any atom is 0.229 e. The van der Waals surface area contributed by atoms with E-state index in [-0.39, 0.29) is 5.91 Å². The number of carbonyl (C=O) groups excluding carboxylic acids is 1. The highest BCUT2D eigenvalue weighted by atomic mass is 32.1. The Morgan fingerprint density at radius 2 is 2.08 bits per heavy atom. The van der Waals surface area contributed by atoms with Gasteiger partial charge in [0.2, 0.25) is 5.91 Å². The van der Waals surface area contributed by atoms with Gasteiger partial charge in [0.25, 0.3) is 0 Å². The second kappa shape index (κ2) is 7.53. The number of aromatic nitrogens is 2. The number of aryl methyl sites for hydroxylation is 1. The number of anilines is 1. The van der Waals surface area contributed by atoms with Crippen molar-refractivity contribution in [1.82, 2.24) is 9.97 Å². The van der Waals surface area contributed by atoms with Crippen LogP contribution in [0.4, 0.5) is 5.13 Å². The molecule has 0 unspecified atom stereocenters. The van der Waals surface area contributed by atoms with Crippen molar-refractivity contribution in [2.24, 2.45) is 0 Å². The summed E-state index contributed by atoms with van der Waals surface area (Å²) in [5.41, 5.74) is 3.10. The molecule has 24 heavy (non-hydrogen) atoms. The molecular weight excluding hydrogens is 318 g/mol. The van der Waals surface area contributed by atoms with Gasteiger partial charge in [-0.1, -0.05) is 37.3 Å². The minimum Gasteiger partial charge on any atom is -0.282 e. The van der Waals surface area contributed by atoms with E-state index < -0.39 is 0 Å². The van der Waals surface area contributed by atoms with E-state index in [1.165, 1.54) is 5.56 Å². The number of benzene rings is 1. The summed E-state index contributed by atoms with van der Waals surface area (Å²) in [5.74, 6) is 0.0953. The highest BCUT2D eigenvalue weighted by molar-refractivity contribution is 7.22. The van der Waals surface area contributed by atoms with Crippen molar-refractivity contribution in [3.8, 4) is 0 Å². The molecule has 0 aliphatic carbocycles. The van der Waals surface area contributed by atoms with Crippen LogP contribution in [0.5, 0.6) is 0 Å². The molecule has 0 atom stereocenters. The van der Waals surface area contributed by atoms with Crippen LogP contribution in [-0.2, 0) is 17.8 Å². The summed E-state index contributed by atoms with van der Waals surface area (Å²) in [6, 6.07) is 12.1.